The number of likely N-dealkylation sites (tertiary alicyclic amines) is 1. The lowest BCUT2D eigenvalue weighted by Crippen LogP contribution is -2.45. The van der Waals surface area contributed by atoms with Crippen LogP contribution in [0, 0.1) is 5.92 Å². The molecule has 148 valence electrons. The molecule has 1 aliphatic heterocycles. The zero-order chi connectivity index (χ0) is 19.8. The van der Waals surface area contributed by atoms with Gasteiger partial charge in [0.25, 0.3) is 5.91 Å². The first-order valence-corrected chi connectivity index (χ1v) is 9.65. The van der Waals surface area contributed by atoms with Crippen LogP contribution in [0.2, 0.25) is 0 Å². The van der Waals surface area contributed by atoms with E-state index in [4.69, 9.17) is 9.47 Å². The van der Waals surface area contributed by atoms with Crippen LogP contribution >= 0.6 is 0 Å². The minimum absolute atomic E-state index is 0.0497. The van der Waals surface area contributed by atoms with Gasteiger partial charge < -0.3 is 19.7 Å². The van der Waals surface area contributed by atoms with Gasteiger partial charge in [-0.3, -0.25) is 9.59 Å². The smallest absolute Gasteiger partial charge is 0.260 e. The number of piperidine rings is 1. The molecule has 0 aliphatic carbocycles. The fourth-order valence-corrected chi connectivity index (χ4v) is 3.26. The van der Waals surface area contributed by atoms with Gasteiger partial charge in [-0.2, -0.15) is 0 Å². The predicted molar refractivity (Wildman–Crippen MR) is 107 cm³/mol. The summed E-state index contributed by atoms with van der Waals surface area (Å²) in [5, 5.41) is 2.93. The van der Waals surface area contributed by atoms with E-state index in [2.05, 4.69) is 5.32 Å². The molecule has 1 unspecified atom stereocenters. The molecule has 0 radical (unpaired) electrons. The Hall–Kier alpha value is -3.02. The molecule has 1 fully saturated rings. The summed E-state index contributed by atoms with van der Waals surface area (Å²) in [5.74, 6) is 0.785. The molecule has 0 saturated carbocycles. The maximum atomic E-state index is 12.6. The Labute approximate surface area is 165 Å². The largest absolute Gasteiger partial charge is 0.490 e. The second kappa shape index (κ2) is 9.78. The third kappa shape index (κ3) is 5.25. The number of benzene rings is 2. The van der Waals surface area contributed by atoms with E-state index in [9.17, 15) is 9.59 Å². The third-order valence-electron chi connectivity index (χ3n) is 4.69. The highest BCUT2D eigenvalue weighted by Gasteiger charge is 2.28. The lowest BCUT2D eigenvalue weighted by Gasteiger charge is -2.32. The number of nitrogens with zero attached hydrogens (tertiary/aromatic N) is 1. The standard InChI is InChI=1S/C22H26N2O4/c1-2-27-19-12-6-7-13-20(19)28-16-21(25)24-14-8-9-17(15-24)22(26)23-18-10-4-3-5-11-18/h3-7,10-13,17H,2,8-9,14-16H2,1H3,(H,23,26). The molecule has 0 spiro atoms. The Morgan fingerprint density at radius 1 is 1.04 bits per heavy atom. The number of carbonyl (C=O) groups is 2. The number of anilines is 1. The van der Waals surface area contributed by atoms with E-state index in [0.717, 1.165) is 18.5 Å². The van der Waals surface area contributed by atoms with E-state index >= 15 is 0 Å². The van der Waals surface area contributed by atoms with E-state index in [1.54, 1.807) is 11.0 Å². The predicted octanol–water partition coefficient (Wildman–Crippen LogP) is 3.34. The van der Waals surface area contributed by atoms with Crippen molar-refractivity contribution in [3.63, 3.8) is 0 Å². The first-order valence-electron chi connectivity index (χ1n) is 9.65. The number of nitrogens with one attached hydrogen (secondary N) is 1. The van der Waals surface area contributed by atoms with Crippen LogP contribution < -0.4 is 14.8 Å². The van der Waals surface area contributed by atoms with Gasteiger partial charge >= 0.3 is 0 Å². The first-order chi connectivity index (χ1) is 13.7. The monoisotopic (exact) mass is 382 g/mol. The Morgan fingerprint density at radius 3 is 2.43 bits per heavy atom. The Balaban J connectivity index is 1.53. The Morgan fingerprint density at radius 2 is 1.71 bits per heavy atom. The van der Waals surface area contributed by atoms with Gasteiger partial charge in [0.05, 0.1) is 12.5 Å². The Kier molecular flexibility index (Phi) is 6.89. The fourth-order valence-electron chi connectivity index (χ4n) is 3.26. The number of hydrogen-bond donors (Lipinski definition) is 1. The van der Waals surface area contributed by atoms with Crippen molar-refractivity contribution in [3.8, 4) is 11.5 Å². The minimum Gasteiger partial charge on any atom is -0.490 e. The van der Waals surface area contributed by atoms with E-state index in [1.807, 2.05) is 55.5 Å². The second-order valence-electron chi connectivity index (χ2n) is 6.70. The van der Waals surface area contributed by atoms with E-state index < -0.39 is 0 Å². The van der Waals surface area contributed by atoms with E-state index in [-0.39, 0.29) is 24.3 Å². The summed E-state index contributed by atoms with van der Waals surface area (Å²) in [6.07, 6.45) is 1.57. The van der Waals surface area contributed by atoms with Crippen molar-refractivity contribution in [1.82, 2.24) is 4.90 Å². The third-order valence-corrected chi connectivity index (χ3v) is 4.69. The number of amides is 2. The molecule has 2 aromatic rings. The van der Waals surface area contributed by atoms with Crippen LogP contribution in [0.25, 0.3) is 0 Å². The van der Waals surface area contributed by atoms with Crippen molar-refractivity contribution < 1.29 is 19.1 Å². The van der Waals surface area contributed by atoms with Gasteiger partial charge in [0, 0.05) is 18.8 Å². The molecule has 6 nitrogen and oxygen atoms in total. The molecule has 6 heteroatoms. The number of rotatable bonds is 7. The summed E-state index contributed by atoms with van der Waals surface area (Å²) in [7, 11) is 0. The number of para-hydroxylation sites is 3. The minimum atomic E-state index is -0.214. The highest BCUT2D eigenvalue weighted by Crippen LogP contribution is 2.26. The molecule has 2 amide bonds. The van der Waals surface area contributed by atoms with Gasteiger partial charge in [0.1, 0.15) is 0 Å². The Bertz CT molecular complexity index is 794. The van der Waals surface area contributed by atoms with Gasteiger partial charge in [-0.1, -0.05) is 30.3 Å². The summed E-state index contributed by atoms with van der Waals surface area (Å²) in [5.41, 5.74) is 0.770. The summed E-state index contributed by atoms with van der Waals surface area (Å²) in [4.78, 5) is 26.8. The van der Waals surface area contributed by atoms with Crippen molar-refractivity contribution in [2.45, 2.75) is 19.8 Å². The van der Waals surface area contributed by atoms with Crippen molar-refractivity contribution in [2.24, 2.45) is 5.92 Å². The molecule has 0 aromatic heterocycles. The van der Waals surface area contributed by atoms with Gasteiger partial charge in [-0.15, -0.1) is 0 Å². The summed E-state index contributed by atoms with van der Waals surface area (Å²) in [6.45, 7) is 3.41. The molecule has 1 atom stereocenters. The maximum Gasteiger partial charge on any atom is 0.260 e. The van der Waals surface area contributed by atoms with Crippen molar-refractivity contribution in [1.29, 1.82) is 0 Å². The molecule has 1 N–H and O–H groups in total. The quantitative estimate of drug-likeness (QED) is 0.798. The summed E-state index contributed by atoms with van der Waals surface area (Å²) in [6, 6.07) is 16.7. The number of carbonyl (C=O) groups excluding carboxylic acids is 2. The van der Waals surface area contributed by atoms with E-state index in [0.29, 0.717) is 31.2 Å². The van der Waals surface area contributed by atoms with Gasteiger partial charge in [-0.25, -0.2) is 0 Å². The van der Waals surface area contributed by atoms with Crippen molar-refractivity contribution in [3.05, 3.63) is 54.6 Å². The van der Waals surface area contributed by atoms with Crippen molar-refractivity contribution in [2.75, 3.05) is 31.6 Å². The van der Waals surface area contributed by atoms with Crippen LogP contribution in [0.15, 0.2) is 54.6 Å². The number of hydrogen-bond acceptors (Lipinski definition) is 4. The molecule has 2 aromatic carbocycles. The van der Waals surface area contributed by atoms with Crippen LogP contribution in [0.4, 0.5) is 5.69 Å². The average molecular weight is 382 g/mol. The molecule has 1 heterocycles. The average Bonchev–Trinajstić information content (AvgIpc) is 2.74. The number of ether oxygens (including phenoxy) is 2. The maximum absolute atomic E-state index is 12.6. The van der Waals surface area contributed by atoms with Crippen LogP contribution in [-0.4, -0.2) is 43.0 Å². The van der Waals surface area contributed by atoms with Crippen LogP contribution in [0.3, 0.4) is 0 Å². The molecule has 1 aliphatic rings. The zero-order valence-corrected chi connectivity index (χ0v) is 16.1. The first kappa shape index (κ1) is 19.7. The highest BCUT2D eigenvalue weighted by atomic mass is 16.5. The molecule has 0 bridgehead atoms. The molecule has 28 heavy (non-hydrogen) atoms. The van der Waals surface area contributed by atoms with Gasteiger partial charge in [-0.05, 0) is 44.0 Å². The zero-order valence-electron chi connectivity index (χ0n) is 16.1. The van der Waals surface area contributed by atoms with Crippen LogP contribution in [0.1, 0.15) is 19.8 Å². The van der Waals surface area contributed by atoms with Crippen LogP contribution in [0.5, 0.6) is 11.5 Å². The molecular weight excluding hydrogens is 356 g/mol. The lowest BCUT2D eigenvalue weighted by molar-refractivity contribution is -0.136. The summed E-state index contributed by atoms with van der Waals surface area (Å²) < 4.78 is 11.2. The fraction of sp³-hybridized carbons (Fsp3) is 0.364. The molecule has 1 saturated heterocycles. The highest BCUT2D eigenvalue weighted by molar-refractivity contribution is 5.93. The van der Waals surface area contributed by atoms with Gasteiger partial charge in [0.2, 0.25) is 5.91 Å². The topological polar surface area (TPSA) is 67.9 Å². The van der Waals surface area contributed by atoms with Crippen molar-refractivity contribution >= 4 is 17.5 Å². The normalized spacial score (nSPS) is 16.3. The SMILES string of the molecule is CCOc1ccccc1OCC(=O)N1CCCC(C(=O)Nc2ccccc2)C1. The molecular formula is C22H26N2O4. The van der Waals surface area contributed by atoms with Gasteiger partial charge in [0.15, 0.2) is 18.1 Å². The van der Waals surface area contributed by atoms with Crippen LogP contribution in [-0.2, 0) is 9.59 Å². The summed E-state index contributed by atoms with van der Waals surface area (Å²) >= 11 is 0. The lowest BCUT2D eigenvalue weighted by atomic mass is 9.97. The van der Waals surface area contributed by atoms with E-state index in [1.165, 1.54) is 0 Å². The second-order valence-corrected chi connectivity index (χ2v) is 6.70. The molecule has 3 rings (SSSR count).